The number of nitrogens with zero attached hydrogens (tertiary/aromatic N) is 5. The normalized spacial score (nSPS) is 10.7. The van der Waals surface area contributed by atoms with E-state index >= 15 is 0 Å². The third-order valence-corrected chi connectivity index (χ3v) is 7.72. The van der Waals surface area contributed by atoms with E-state index < -0.39 is 9.85 Å². The standard InChI is InChI=1S/C15H18N2O5.C15H20N2O3.C9H5ClN2O2/c1-2-20-7-8-21-9-10-22-15-6-4-12-3-5-13(17(18)19)11-14(12)16-15;1-2-18-7-8-19-9-10-20-15-6-4-12-3-5-13(16)11-14(12)17-15;10-9-4-2-6-1-3-7(12(13)14)5-8(6)11-9/h3-6,11H,2,7-10H2,1H3;3-6,11H,2,7-10,16H2,1H3;1-5H. The van der Waals surface area contributed by atoms with Crippen molar-refractivity contribution in [3.05, 3.63) is 116 Å². The van der Waals surface area contributed by atoms with Gasteiger partial charge in [0.2, 0.25) is 11.8 Å². The van der Waals surface area contributed by atoms with Crippen LogP contribution in [0.5, 0.6) is 11.8 Å². The van der Waals surface area contributed by atoms with Crippen LogP contribution in [-0.2, 0) is 18.9 Å². The van der Waals surface area contributed by atoms with E-state index in [1.54, 1.807) is 30.3 Å². The van der Waals surface area contributed by atoms with Gasteiger partial charge in [-0.3, -0.25) is 20.2 Å². The molecule has 3 aromatic carbocycles. The molecule has 16 nitrogen and oxygen atoms in total. The number of pyridine rings is 3. The summed E-state index contributed by atoms with van der Waals surface area (Å²) < 4.78 is 32.0. The maximum absolute atomic E-state index is 10.8. The van der Waals surface area contributed by atoms with Crippen molar-refractivity contribution < 1.29 is 38.3 Å². The number of nitro groups is 2. The van der Waals surface area contributed by atoms with Crippen molar-refractivity contribution in [2.24, 2.45) is 0 Å². The monoisotopic (exact) mass is 790 g/mol. The molecule has 56 heavy (non-hydrogen) atoms. The molecule has 0 aliphatic rings. The maximum Gasteiger partial charge on any atom is 0.271 e. The fourth-order valence-electron chi connectivity index (χ4n) is 4.81. The number of non-ortho nitro benzene ring substituents is 2. The first-order chi connectivity index (χ1) is 27.2. The number of rotatable bonds is 18. The molecule has 0 aliphatic carbocycles. The van der Waals surface area contributed by atoms with Crippen molar-refractivity contribution in [3.63, 3.8) is 0 Å². The molecule has 0 spiro atoms. The topological polar surface area (TPSA) is 206 Å². The van der Waals surface area contributed by atoms with E-state index in [-0.39, 0.29) is 11.4 Å². The Kier molecular flexibility index (Phi) is 17.8. The smallest absolute Gasteiger partial charge is 0.271 e. The third kappa shape index (κ3) is 14.5. The molecule has 0 unspecified atom stereocenters. The van der Waals surface area contributed by atoms with Crippen LogP contribution in [0.25, 0.3) is 32.7 Å². The van der Waals surface area contributed by atoms with Crippen LogP contribution in [0, 0.1) is 20.2 Å². The molecule has 0 bridgehead atoms. The van der Waals surface area contributed by atoms with Crippen molar-refractivity contribution in [3.8, 4) is 11.8 Å². The zero-order valence-electron chi connectivity index (χ0n) is 31.0. The Morgan fingerprint density at radius 1 is 0.536 bits per heavy atom. The Bertz CT molecular complexity index is 2180. The first-order valence-corrected chi connectivity index (χ1v) is 18.0. The van der Waals surface area contributed by atoms with Gasteiger partial charge in [0.15, 0.2) is 0 Å². The highest BCUT2D eigenvalue weighted by atomic mass is 35.5. The number of hydrogen-bond donors (Lipinski definition) is 1. The summed E-state index contributed by atoms with van der Waals surface area (Å²) in [5.74, 6) is 0.998. The predicted molar refractivity (Wildman–Crippen MR) is 214 cm³/mol. The lowest BCUT2D eigenvalue weighted by molar-refractivity contribution is -0.384. The van der Waals surface area contributed by atoms with Crippen molar-refractivity contribution in [2.45, 2.75) is 13.8 Å². The summed E-state index contributed by atoms with van der Waals surface area (Å²) in [6.45, 7) is 9.33. The van der Waals surface area contributed by atoms with E-state index in [4.69, 9.17) is 45.8 Å². The second-order valence-corrected chi connectivity index (χ2v) is 11.9. The lowest BCUT2D eigenvalue weighted by Crippen LogP contribution is -2.11. The Morgan fingerprint density at radius 3 is 1.41 bits per heavy atom. The Balaban J connectivity index is 0.000000191. The summed E-state index contributed by atoms with van der Waals surface area (Å²) in [4.78, 5) is 33.0. The van der Waals surface area contributed by atoms with E-state index in [9.17, 15) is 20.2 Å². The summed E-state index contributed by atoms with van der Waals surface area (Å²) in [7, 11) is 0. The number of ether oxygens (including phenoxy) is 6. The number of aromatic nitrogens is 3. The van der Waals surface area contributed by atoms with Gasteiger partial charge < -0.3 is 34.2 Å². The third-order valence-electron chi connectivity index (χ3n) is 7.51. The molecule has 2 N–H and O–H groups in total. The van der Waals surface area contributed by atoms with Crippen LogP contribution in [0.1, 0.15) is 13.8 Å². The molecular weight excluding hydrogens is 748 g/mol. The van der Waals surface area contributed by atoms with Gasteiger partial charge in [-0.15, -0.1) is 0 Å². The molecule has 0 radical (unpaired) electrons. The predicted octanol–water partition coefficient (Wildman–Crippen LogP) is 7.62. The fraction of sp³-hybridized carbons (Fsp3) is 0.308. The van der Waals surface area contributed by atoms with Crippen LogP contribution < -0.4 is 15.2 Å². The summed E-state index contributed by atoms with van der Waals surface area (Å²) in [5, 5.41) is 24.3. The minimum absolute atomic E-state index is 0.0106. The number of fused-ring (bicyclic) bond motifs is 3. The number of hydrogen-bond acceptors (Lipinski definition) is 14. The SMILES string of the molecule is CCOCCOCCOc1ccc2ccc(N)cc2n1.CCOCCOCCOc1ccc2ccc([N+](=O)[O-])cc2n1.O=[N+]([O-])c1ccc2ccc(Cl)nc2c1. The van der Waals surface area contributed by atoms with Gasteiger partial charge in [-0.2, -0.15) is 0 Å². The van der Waals surface area contributed by atoms with Crippen molar-refractivity contribution in [1.82, 2.24) is 15.0 Å². The number of anilines is 1. The number of nitrogen functional groups attached to an aromatic ring is 1. The molecule has 17 heteroatoms. The number of nitrogens with two attached hydrogens (primary N) is 1. The Morgan fingerprint density at radius 2 is 0.929 bits per heavy atom. The molecule has 3 heterocycles. The summed E-state index contributed by atoms with van der Waals surface area (Å²) in [6, 6.07) is 25.5. The van der Waals surface area contributed by atoms with E-state index in [0.29, 0.717) is 99.7 Å². The molecule has 6 aromatic rings. The lowest BCUT2D eigenvalue weighted by atomic mass is 10.2. The zero-order valence-corrected chi connectivity index (χ0v) is 31.8. The van der Waals surface area contributed by atoms with Crippen LogP contribution in [0.2, 0.25) is 5.15 Å². The quantitative estimate of drug-likeness (QED) is 0.0292. The number of nitro benzene ring substituents is 2. The Labute approximate surface area is 327 Å². The molecule has 0 fully saturated rings. The average Bonchev–Trinajstić information content (AvgIpc) is 3.20. The number of benzene rings is 3. The van der Waals surface area contributed by atoms with Crippen LogP contribution in [0.4, 0.5) is 17.1 Å². The van der Waals surface area contributed by atoms with E-state index in [2.05, 4.69) is 15.0 Å². The van der Waals surface area contributed by atoms with Crippen LogP contribution in [-0.4, -0.2) is 90.9 Å². The second-order valence-electron chi connectivity index (χ2n) is 11.5. The first-order valence-electron chi connectivity index (χ1n) is 17.7. The Hall–Kier alpha value is -5.78. The van der Waals surface area contributed by atoms with Crippen molar-refractivity contribution in [1.29, 1.82) is 0 Å². The fourth-order valence-corrected chi connectivity index (χ4v) is 4.96. The maximum atomic E-state index is 10.8. The molecule has 0 saturated heterocycles. The number of halogens is 1. The molecule has 0 amide bonds. The average molecular weight is 791 g/mol. The van der Waals surface area contributed by atoms with Crippen LogP contribution in [0.15, 0.2) is 91.0 Å². The van der Waals surface area contributed by atoms with Crippen LogP contribution >= 0.6 is 11.6 Å². The van der Waals surface area contributed by atoms with Crippen molar-refractivity contribution >= 4 is 61.4 Å². The molecule has 6 rings (SSSR count). The molecule has 0 aliphatic heterocycles. The van der Waals surface area contributed by atoms with Gasteiger partial charge in [-0.1, -0.05) is 17.7 Å². The zero-order chi connectivity index (χ0) is 40.1. The van der Waals surface area contributed by atoms with Gasteiger partial charge in [0.1, 0.15) is 18.4 Å². The molecule has 296 valence electrons. The molecule has 3 aromatic heterocycles. The van der Waals surface area contributed by atoms with Gasteiger partial charge in [0.25, 0.3) is 11.4 Å². The van der Waals surface area contributed by atoms with Gasteiger partial charge in [-0.25, -0.2) is 15.0 Å². The minimum Gasteiger partial charge on any atom is -0.475 e. The van der Waals surface area contributed by atoms with E-state index in [0.717, 1.165) is 21.7 Å². The molecule has 0 saturated carbocycles. The summed E-state index contributed by atoms with van der Waals surface area (Å²) in [6.07, 6.45) is 0. The minimum atomic E-state index is -0.456. The molecule has 0 atom stereocenters. The van der Waals surface area contributed by atoms with E-state index in [1.165, 1.54) is 24.3 Å². The molecular formula is C39H43ClN6O10. The first kappa shape index (κ1) is 43.0. The van der Waals surface area contributed by atoms with Crippen LogP contribution in [0.3, 0.4) is 0 Å². The van der Waals surface area contributed by atoms with Gasteiger partial charge >= 0.3 is 0 Å². The van der Waals surface area contributed by atoms with Gasteiger partial charge in [-0.05, 0) is 62.4 Å². The summed E-state index contributed by atoms with van der Waals surface area (Å²) in [5.41, 5.74) is 8.37. The van der Waals surface area contributed by atoms with Gasteiger partial charge in [0, 0.05) is 71.5 Å². The second kappa shape index (κ2) is 23.2. The summed E-state index contributed by atoms with van der Waals surface area (Å²) >= 11 is 5.67. The largest absolute Gasteiger partial charge is 0.475 e. The highest BCUT2D eigenvalue weighted by Crippen LogP contribution is 2.23. The highest BCUT2D eigenvalue weighted by molar-refractivity contribution is 6.29. The van der Waals surface area contributed by atoms with Crippen molar-refractivity contribution in [2.75, 3.05) is 71.8 Å². The lowest BCUT2D eigenvalue weighted by Gasteiger charge is -2.07. The van der Waals surface area contributed by atoms with E-state index in [1.807, 2.05) is 50.2 Å². The highest BCUT2D eigenvalue weighted by Gasteiger charge is 2.09. The van der Waals surface area contributed by atoms with Gasteiger partial charge in [0.05, 0.1) is 66.0 Å².